The Labute approximate surface area is 103 Å². The van der Waals surface area contributed by atoms with Gasteiger partial charge in [0.2, 0.25) is 10.0 Å². The standard InChI is InChI=1S/C11H19N3O2S/c1-12-7-4-10-17(15,16)14-9-6-11-5-2-3-8-13-11/h2-3,5,8,12,14H,4,6-7,9-10H2,1H3. The van der Waals surface area contributed by atoms with E-state index in [-0.39, 0.29) is 5.75 Å². The van der Waals surface area contributed by atoms with E-state index >= 15 is 0 Å². The topological polar surface area (TPSA) is 71.1 Å². The van der Waals surface area contributed by atoms with Crippen molar-refractivity contribution in [1.82, 2.24) is 15.0 Å². The molecule has 0 aliphatic rings. The van der Waals surface area contributed by atoms with Crippen LogP contribution >= 0.6 is 0 Å². The molecule has 0 spiro atoms. The number of sulfonamides is 1. The summed E-state index contributed by atoms with van der Waals surface area (Å²) in [7, 11) is -1.34. The first-order chi connectivity index (χ1) is 8.14. The molecule has 17 heavy (non-hydrogen) atoms. The molecule has 0 aliphatic carbocycles. The largest absolute Gasteiger partial charge is 0.320 e. The normalized spacial score (nSPS) is 11.6. The fourth-order valence-corrected chi connectivity index (χ4v) is 2.47. The zero-order chi connectivity index (χ0) is 12.6. The summed E-state index contributed by atoms with van der Waals surface area (Å²) >= 11 is 0. The fraction of sp³-hybridized carbons (Fsp3) is 0.545. The number of hydrogen-bond acceptors (Lipinski definition) is 4. The van der Waals surface area contributed by atoms with Crippen LogP contribution in [-0.2, 0) is 16.4 Å². The molecule has 0 amide bonds. The van der Waals surface area contributed by atoms with Gasteiger partial charge in [0.15, 0.2) is 0 Å². The molecule has 96 valence electrons. The lowest BCUT2D eigenvalue weighted by atomic mass is 10.3. The van der Waals surface area contributed by atoms with Gasteiger partial charge in [0.1, 0.15) is 0 Å². The molecule has 1 aromatic rings. The molecule has 0 saturated carbocycles. The zero-order valence-corrected chi connectivity index (χ0v) is 10.8. The molecule has 1 rings (SSSR count). The summed E-state index contributed by atoms with van der Waals surface area (Å²) in [6.45, 7) is 1.11. The molecule has 1 heterocycles. The Hall–Kier alpha value is -0.980. The van der Waals surface area contributed by atoms with Crippen molar-refractivity contribution in [2.75, 3.05) is 25.9 Å². The summed E-state index contributed by atoms with van der Waals surface area (Å²) in [5.41, 5.74) is 0.894. The van der Waals surface area contributed by atoms with Gasteiger partial charge in [-0.3, -0.25) is 4.98 Å². The number of aromatic nitrogens is 1. The number of hydrogen-bond donors (Lipinski definition) is 2. The van der Waals surface area contributed by atoms with E-state index in [1.807, 2.05) is 18.2 Å². The first-order valence-electron chi connectivity index (χ1n) is 5.66. The van der Waals surface area contributed by atoms with Gasteiger partial charge in [0.25, 0.3) is 0 Å². The van der Waals surface area contributed by atoms with Crippen molar-refractivity contribution in [1.29, 1.82) is 0 Å². The maximum atomic E-state index is 11.5. The van der Waals surface area contributed by atoms with Crippen molar-refractivity contribution in [3.8, 4) is 0 Å². The van der Waals surface area contributed by atoms with Crippen LogP contribution in [0.1, 0.15) is 12.1 Å². The third-order valence-electron chi connectivity index (χ3n) is 2.27. The van der Waals surface area contributed by atoms with Gasteiger partial charge in [-0.2, -0.15) is 0 Å². The van der Waals surface area contributed by atoms with E-state index in [1.54, 1.807) is 13.2 Å². The smallest absolute Gasteiger partial charge is 0.211 e. The molecule has 0 atom stereocenters. The van der Waals surface area contributed by atoms with Gasteiger partial charge in [-0.1, -0.05) is 6.07 Å². The van der Waals surface area contributed by atoms with Crippen LogP contribution in [0.15, 0.2) is 24.4 Å². The van der Waals surface area contributed by atoms with Gasteiger partial charge < -0.3 is 5.32 Å². The maximum absolute atomic E-state index is 11.5. The molecule has 1 aromatic heterocycles. The molecule has 0 unspecified atom stereocenters. The van der Waals surface area contributed by atoms with Crippen molar-refractivity contribution >= 4 is 10.0 Å². The van der Waals surface area contributed by atoms with E-state index in [0.717, 1.165) is 5.69 Å². The lowest BCUT2D eigenvalue weighted by molar-refractivity contribution is 0.577. The first kappa shape index (κ1) is 14.1. The summed E-state index contributed by atoms with van der Waals surface area (Å²) in [4.78, 5) is 4.13. The van der Waals surface area contributed by atoms with Crippen LogP contribution in [0.5, 0.6) is 0 Å². The van der Waals surface area contributed by atoms with Crippen molar-refractivity contribution in [2.24, 2.45) is 0 Å². The predicted octanol–water partition coefficient (Wildman–Crippen LogP) is 0.153. The van der Waals surface area contributed by atoms with E-state index < -0.39 is 10.0 Å². The number of nitrogens with one attached hydrogen (secondary N) is 2. The van der Waals surface area contributed by atoms with Crippen molar-refractivity contribution in [3.63, 3.8) is 0 Å². The fourth-order valence-electron chi connectivity index (χ4n) is 1.39. The van der Waals surface area contributed by atoms with E-state index in [0.29, 0.717) is 25.9 Å². The minimum atomic E-state index is -3.14. The molecule has 0 radical (unpaired) electrons. The summed E-state index contributed by atoms with van der Waals surface area (Å²) in [5, 5.41) is 2.92. The molecular formula is C11H19N3O2S. The Balaban J connectivity index is 2.26. The lowest BCUT2D eigenvalue weighted by Crippen LogP contribution is -2.29. The molecule has 0 saturated heterocycles. The highest BCUT2D eigenvalue weighted by Gasteiger charge is 2.08. The Morgan fingerprint density at radius 2 is 2.12 bits per heavy atom. The highest BCUT2D eigenvalue weighted by molar-refractivity contribution is 7.89. The number of rotatable bonds is 8. The van der Waals surface area contributed by atoms with Gasteiger partial charge >= 0.3 is 0 Å². The SMILES string of the molecule is CNCCCS(=O)(=O)NCCc1ccccn1. The molecule has 0 aliphatic heterocycles. The molecule has 0 aromatic carbocycles. The highest BCUT2D eigenvalue weighted by atomic mass is 32.2. The van der Waals surface area contributed by atoms with Crippen LogP contribution in [0.3, 0.4) is 0 Å². The monoisotopic (exact) mass is 257 g/mol. The van der Waals surface area contributed by atoms with E-state index in [2.05, 4.69) is 15.0 Å². The van der Waals surface area contributed by atoms with Gasteiger partial charge in [-0.15, -0.1) is 0 Å². The van der Waals surface area contributed by atoms with Gasteiger partial charge in [-0.05, 0) is 32.1 Å². The van der Waals surface area contributed by atoms with Crippen molar-refractivity contribution < 1.29 is 8.42 Å². The Kier molecular flexibility index (Phi) is 6.10. The van der Waals surface area contributed by atoms with E-state index in [1.165, 1.54) is 0 Å². The predicted molar refractivity (Wildman–Crippen MR) is 68.3 cm³/mol. The molecule has 5 nitrogen and oxygen atoms in total. The van der Waals surface area contributed by atoms with Crippen LogP contribution < -0.4 is 10.0 Å². The Bertz CT molecular complexity index is 406. The van der Waals surface area contributed by atoms with Gasteiger partial charge in [-0.25, -0.2) is 13.1 Å². The van der Waals surface area contributed by atoms with Gasteiger partial charge in [0, 0.05) is 24.9 Å². The average Bonchev–Trinajstić information content (AvgIpc) is 2.30. The summed E-state index contributed by atoms with van der Waals surface area (Å²) in [6.07, 6.45) is 2.94. The van der Waals surface area contributed by atoms with E-state index in [4.69, 9.17) is 0 Å². The van der Waals surface area contributed by atoms with Crippen LogP contribution in [0.2, 0.25) is 0 Å². The number of pyridine rings is 1. The van der Waals surface area contributed by atoms with Crippen LogP contribution in [0, 0.1) is 0 Å². The second-order valence-corrected chi connectivity index (χ2v) is 5.67. The third-order valence-corrected chi connectivity index (χ3v) is 3.74. The average molecular weight is 257 g/mol. The van der Waals surface area contributed by atoms with Crippen LogP contribution in [0.4, 0.5) is 0 Å². The lowest BCUT2D eigenvalue weighted by Gasteiger charge is -2.06. The third kappa shape index (κ3) is 6.35. The number of nitrogens with zero attached hydrogens (tertiary/aromatic N) is 1. The van der Waals surface area contributed by atoms with E-state index in [9.17, 15) is 8.42 Å². The maximum Gasteiger partial charge on any atom is 0.211 e. The molecule has 6 heteroatoms. The van der Waals surface area contributed by atoms with Crippen LogP contribution in [-0.4, -0.2) is 39.3 Å². The molecule has 0 fully saturated rings. The van der Waals surface area contributed by atoms with Gasteiger partial charge in [0.05, 0.1) is 5.75 Å². The minimum absolute atomic E-state index is 0.163. The summed E-state index contributed by atoms with van der Waals surface area (Å²) < 4.78 is 25.6. The molecular weight excluding hydrogens is 238 g/mol. The van der Waals surface area contributed by atoms with Crippen LogP contribution in [0.25, 0.3) is 0 Å². The quantitative estimate of drug-likeness (QED) is 0.651. The highest BCUT2D eigenvalue weighted by Crippen LogP contribution is 1.95. The first-order valence-corrected chi connectivity index (χ1v) is 7.31. The van der Waals surface area contributed by atoms with Crippen molar-refractivity contribution in [2.45, 2.75) is 12.8 Å². The Morgan fingerprint density at radius 3 is 2.76 bits per heavy atom. The second-order valence-electron chi connectivity index (χ2n) is 3.74. The summed E-state index contributed by atoms with van der Waals surface area (Å²) in [6, 6.07) is 5.62. The zero-order valence-electron chi connectivity index (χ0n) is 10.0. The minimum Gasteiger partial charge on any atom is -0.320 e. The molecule has 0 bridgehead atoms. The molecule has 2 N–H and O–H groups in total. The Morgan fingerprint density at radius 1 is 1.29 bits per heavy atom. The second kappa shape index (κ2) is 7.37. The van der Waals surface area contributed by atoms with Crippen molar-refractivity contribution in [3.05, 3.63) is 30.1 Å². The summed E-state index contributed by atoms with van der Waals surface area (Å²) in [5.74, 6) is 0.163.